The number of thiocarbonyl (C=S) groups is 1. The molecule has 0 spiro atoms. The zero-order valence-corrected chi connectivity index (χ0v) is 9.35. The van der Waals surface area contributed by atoms with Crippen LogP contribution in [-0.4, -0.2) is 22.7 Å². The lowest BCUT2D eigenvalue weighted by molar-refractivity contribution is 0.385. The van der Waals surface area contributed by atoms with Crippen molar-refractivity contribution in [1.82, 2.24) is 10.3 Å². The Labute approximate surface area is 90.0 Å². The molecule has 5 heteroatoms. The van der Waals surface area contributed by atoms with Gasteiger partial charge >= 0.3 is 0 Å². The summed E-state index contributed by atoms with van der Waals surface area (Å²) in [5.41, 5.74) is 0. The van der Waals surface area contributed by atoms with Crippen molar-refractivity contribution in [3.63, 3.8) is 0 Å². The smallest absolute Gasteiger partial charge is 0.192 e. The highest BCUT2D eigenvalue weighted by Gasteiger charge is 2.16. The first kappa shape index (κ1) is 11.4. The molecule has 1 rings (SSSR count). The quantitative estimate of drug-likeness (QED) is 0.341. The monoisotopic (exact) mass is 217 g/mol. The highest BCUT2D eigenvalue weighted by Crippen LogP contribution is 2.17. The van der Waals surface area contributed by atoms with E-state index >= 15 is 0 Å². The highest BCUT2D eigenvalue weighted by atomic mass is 32.1. The first-order chi connectivity index (χ1) is 6.77. The van der Waals surface area contributed by atoms with Crippen LogP contribution in [-0.2, 0) is 0 Å². The zero-order valence-electron chi connectivity index (χ0n) is 8.53. The van der Waals surface area contributed by atoms with Gasteiger partial charge in [0.1, 0.15) is 0 Å². The molecule has 0 bridgehead atoms. The van der Waals surface area contributed by atoms with Crippen LogP contribution in [0.15, 0.2) is 5.29 Å². The fourth-order valence-electron chi connectivity index (χ4n) is 1.73. The Morgan fingerprint density at radius 3 is 2.64 bits per heavy atom. The van der Waals surface area contributed by atoms with E-state index in [2.05, 4.69) is 10.6 Å². The minimum Gasteiger partial charge on any atom is -0.358 e. The van der Waals surface area contributed by atoms with E-state index in [4.69, 9.17) is 12.2 Å². The van der Waals surface area contributed by atoms with Gasteiger partial charge in [-0.3, -0.25) is 0 Å². The van der Waals surface area contributed by atoms with Gasteiger partial charge in [-0.1, -0.05) is 19.3 Å². The molecule has 0 heterocycles. The van der Waals surface area contributed by atoms with Crippen molar-refractivity contribution in [1.29, 1.82) is 0 Å². The van der Waals surface area contributed by atoms with Gasteiger partial charge in [0.2, 0.25) is 0 Å². The van der Waals surface area contributed by atoms with Crippen LogP contribution in [0.25, 0.3) is 0 Å². The Balaban J connectivity index is 2.34. The number of nitroso groups, excluding NO2 is 1. The fourth-order valence-corrected chi connectivity index (χ4v) is 2.06. The average Bonchev–Trinajstić information content (AvgIpc) is 2.21. The summed E-state index contributed by atoms with van der Waals surface area (Å²) in [5, 5.41) is 7.78. The molecule has 4 nitrogen and oxygen atoms in total. The molecule has 1 aliphatic rings. The van der Waals surface area contributed by atoms with Crippen LogP contribution in [0, 0.1) is 4.91 Å². The largest absolute Gasteiger partial charge is 0.358 e. The van der Waals surface area contributed by atoms with Gasteiger partial charge in [0, 0.05) is 12.6 Å². The van der Waals surface area contributed by atoms with Gasteiger partial charge in [0.05, 0.1) is 5.29 Å². The van der Waals surface area contributed by atoms with Gasteiger partial charge in [-0.05, 0) is 32.0 Å². The van der Waals surface area contributed by atoms with Gasteiger partial charge in [-0.15, -0.1) is 4.91 Å². The third-order valence-corrected chi connectivity index (χ3v) is 2.89. The van der Waals surface area contributed by atoms with Gasteiger partial charge < -0.3 is 5.32 Å². The van der Waals surface area contributed by atoms with Gasteiger partial charge in [0.15, 0.2) is 5.11 Å². The number of hydrogen-bond acceptors (Lipinski definition) is 3. The summed E-state index contributed by atoms with van der Waals surface area (Å²) in [6.07, 6.45) is 6.11. The molecule has 0 atom stereocenters. The summed E-state index contributed by atoms with van der Waals surface area (Å²) in [5.74, 6) is 0. The van der Waals surface area contributed by atoms with Crippen molar-refractivity contribution >= 4 is 17.3 Å². The maximum absolute atomic E-state index is 10.4. The van der Waals surface area contributed by atoms with Gasteiger partial charge in [0.25, 0.3) is 0 Å². The van der Waals surface area contributed by atoms with E-state index in [9.17, 15) is 4.91 Å². The third kappa shape index (κ3) is 3.21. The van der Waals surface area contributed by atoms with Crippen LogP contribution in [0.4, 0.5) is 0 Å². The SMILES string of the molecule is CCN([15N]=O)C(=S)[15NH]C1CCCCC1. The van der Waals surface area contributed by atoms with Crippen LogP contribution in [0.5, 0.6) is 0 Å². The summed E-state index contributed by atoms with van der Waals surface area (Å²) in [6.45, 7) is 2.39. The van der Waals surface area contributed by atoms with E-state index in [0.717, 1.165) is 12.8 Å². The molecule has 0 saturated heterocycles. The average molecular weight is 217 g/mol. The molecule has 0 aromatic heterocycles. The van der Waals surface area contributed by atoms with Crippen molar-refractivity contribution in [2.45, 2.75) is 45.1 Å². The molecule has 1 saturated carbocycles. The Morgan fingerprint density at radius 1 is 1.50 bits per heavy atom. The number of nitrogens with one attached hydrogen (secondary N) is 1. The predicted octanol–water partition coefficient (Wildman–Crippen LogP) is 2.20. The van der Waals surface area contributed by atoms with Crippen molar-refractivity contribution in [3.05, 3.63) is 4.91 Å². The Hall–Kier alpha value is -0.710. The molecule has 1 fully saturated rings. The minimum atomic E-state index is 0.437. The zero-order chi connectivity index (χ0) is 10.4. The van der Waals surface area contributed by atoms with Gasteiger partial charge in [-0.25, -0.2) is 5.01 Å². The lowest BCUT2D eigenvalue weighted by Gasteiger charge is -2.26. The van der Waals surface area contributed by atoms with Crippen LogP contribution >= 0.6 is 12.2 Å². The van der Waals surface area contributed by atoms with Crippen molar-refractivity contribution in [2.75, 3.05) is 6.54 Å². The standard InChI is InChI=1S/C9H17N3OS/c1-2-12(11-13)9(14)10-8-6-4-3-5-7-8/h8H,2-7H2,1H3,(H,10,14)/i10+1,11+1. The van der Waals surface area contributed by atoms with Crippen LogP contribution in [0.3, 0.4) is 0 Å². The lowest BCUT2D eigenvalue weighted by Crippen LogP contribution is -2.42. The fraction of sp³-hybridized carbons (Fsp3) is 0.889. The molecule has 0 aromatic carbocycles. The molecule has 0 aromatic rings. The first-order valence-corrected chi connectivity index (χ1v) is 5.60. The number of nitrogens with zero attached hydrogens (tertiary/aromatic N) is 2. The Morgan fingerprint density at radius 2 is 2.14 bits per heavy atom. The number of rotatable bonds is 3. The molecular weight excluding hydrogens is 200 g/mol. The van der Waals surface area contributed by atoms with E-state index in [-0.39, 0.29) is 0 Å². The number of hydrogen-bond donors (Lipinski definition) is 1. The van der Waals surface area contributed by atoms with E-state index in [1.807, 2.05) is 6.92 Å². The predicted molar refractivity (Wildman–Crippen MR) is 60.8 cm³/mol. The summed E-state index contributed by atoms with van der Waals surface area (Å²) in [6, 6.07) is 0.437. The third-order valence-electron chi connectivity index (χ3n) is 2.57. The molecule has 0 aliphatic heterocycles. The Kier molecular flexibility index (Phi) is 4.79. The molecular formula is C9H17N3OS. The van der Waals surface area contributed by atoms with Crippen LogP contribution in [0.1, 0.15) is 39.0 Å². The van der Waals surface area contributed by atoms with E-state index in [1.165, 1.54) is 24.3 Å². The molecule has 80 valence electrons. The lowest BCUT2D eigenvalue weighted by atomic mass is 9.97. The molecule has 14 heavy (non-hydrogen) atoms. The summed E-state index contributed by atoms with van der Waals surface area (Å²) in [4.78, 5) is 10.4. The molecule has 0 radical (unpaired) electrons. The maximum atomic E-state index is 10.4. The molecule has 0 unspecified atom stereocenters. The molecule has 1 aliphatic carbocycles. The van der Waals surface area contributed by atoms with E-state index in [0.29, 0.717) is 17.7 Å². The maximum Gasteiger partial charge on any atom is 0.192 e. The van der Waals surface area contributed by atoms with E-state index < -0.39 is 0 Å². The second kappa shape index (κ2) is 5.90. The summed E-state index contributed by atoms with van der Waals surface area (Å²) >= 11 is 5.08. The van der Waals surface area contributed by atoms with E-state index in [1.54, 1.807) is 0 Å². The summed E-state index contributed by atoms with van der Waals surface area (Å²) < 4.78 is 0. The Bertz CT molecular complexity index is 204. The van der Waals surface area contributed by atoms with Crippen molar-refractivity contribution in [2.24, 2.45) is 5.29 Å². The van der Waals surface area contributed by atoms with Gasteiger partial charge in [-0.2, -0.15) is 0 Å². The first-order valence-electron chi connectivity index (χ1n) is 5.19. The molecule has 0 amide bonds. The summed E-state index contributed by atoms with van der Waals surface area (Å²) in [7, 11) is 0. The highest BCUT2D eigenvalue weighted by molar-refractivity contribution is 7.80. The molecule has 1 N–H and O–H groups in total. The minimum absolute atomic E-state index is 0.437. The second-order valence-electron chi connectivity index (χ2n) is 3.58. The second-order valence-corrected chi connectivity index (χ2v) is 3.97. The normalized spacial score (nSPS) is 17.5. The van der Waals surface area contributed by atoms with Crippen LogP contribution in [0.2, 0.25) is 0 Å². The van der Waals surface area contributed by atoms with Crippen molar-refractivity contribution in [3.8, 4) is 0 Å². The van der Waals surface area contributed by atoms with Crippen LogP contribution < -0.4 is 5.32 Å². The van der Waals surface area contributed by atoms with Crippen molar-refractivity contribution < 1.29 is 0 Å². The topological polar surface area (TPSA) is 44.7 Å².